The van der Waals surface area contributed by atoms with Gasteiger partial charge in [-0.25, -0.2) is 0 Å². The normalized spacial score (nSPS) is 27.4. The predicted molar refractivity (Wildman–Crippen MR) is 74.1 cm³/mol. The second kappa shape index (κ2) is 4.28. The minimum Gasteiger partial charge on any atom is -0.328 e. The van der Waals surface area contributed by atoms with Crippen LogP contribution in [-0.4, -0.2) is 16.3 Å². The summed E-state index contributed by atoms with van der Waals surface area (Å²) in [6, 6.07) is 2.50. The molecule has 1 aromatic heterocycles. The van der Waals surface area contributed by atoms with Crippen molar-refractivity contribution in [1.82, 2.24) is 9.99 Å². The first-order valence-corrected chi connectivity index (χ1v) is 6.63. The van der Waals surface area contributed by atoms with E-state index in [0.29, 0.717) is 12.0 Å². The lowest BCUT2D eigenvalue weighted by molar-refractivity contribution is 0.389. The minimum absolute atomic E-state index is 0.376. The van der Waals surface area contributed by atoms with Crippen molar-refractivity contribution in [3.8, 4) is 0 Å². The molecule has 0 radical (unpaired) electrons. The lowest BCUT2D eigenvalue weighted by Crippen LogP contribution is -2.34. The number of aryl methyl sites for hydroxylation is 1. The van der Waals surface area contributed by atoms with Crippen molar-refractivity contribution in [2.24, 2.45) is 16.8 Å². The van der Waals surface area contributed by atoms with E-state index in [4.69, 9.17) is 5.73 Å². The molecule has 4 heteroatoms. The smallest absolute Gasteiger partial charge is 0.123 e. The Hall–Kier alpha value is -1.55. The van der Waals surface area contributed by atoms with Crippen LogP contribution in [0.3, 0.4) is 0 Å². The van der Waals surface area contributed by atoms with Gasteiger partial charge >= 0.3 is 0 Å². The molecule has 1 aromatic rings. The lowest BCUT2D eigenvalue weighted by atomic mass is 9.82. The van der Waals surface area contributed by atoms with Gasteiger partial charge in [0.2, 0.25) is 0 Å². The Morgan fingerprint density at radius 1 is 1.39 bits per heavy atom. The van der Waals surface area contributed by atoms with E-state index in [-0.39, 0.29) is 0 Å². The Balaban J connectivity index is 1.93. The molecule has 0 aromatic carbocycles. The monoisotopic (exact) mass is 244 g/mol. The van der Waals surface area contributed by atoms with Crippen LogP contribution in [0, 0.1) is 12.8 Å². The number of hydrogen-bond donors (Lipinski definition) is 2. The van der Waals surface area contributed by atoms with Crippen LogP contribution in [0.15, 0.2) is 23.9 Å². The third kappa shape index (κ3) is 1.77. The summed E-state index contributed by atoms with van der Waals surface area (Å²) in [4.78, 5) is 0. The maximum Gasteiger partial charge on any atom is 0.123 e. The van der Waals surface area contributed by atoms with Crippen LogP contribution in [0.25, 0.3) is 5.82 Å². The van der Waals surface area contributed by atoms with E-state index < -0.39 is 0 Å². The average Bonchev–Trinajstić information content (AvgIpc) is 2.75. The van der Waals surface area contributed by atoms with E-state index in [1.54, 1.807) is 0 Å². The molecule has 0 spiro atoms. The Morgan fingerprint density at radius 2 is 2.11 bits per heavy atom. The molecule has 0 unspecified atom stereocenters. The van der Waals surface area contributed by atoms with Crippen LogP contribution >= 0.6 is 0 Å². The van der Waals surface area contributed by atoms with Gasteiger partial charge in [-0.15, -0.1) is 0 Å². The van der Waals surface area contributed by atoms with Gasteiger partial charge in [-0.1, -0.05) is 6.58 Å². The Morgan fingerprint density at radius 3 is 2.83 bits per heavy atom. The molecular formula is C14H20N4. The molecule has 0 bridgehead atoms. The van der Waals surface area contributed by atoms with Gasteiger partial charge in [-0.3, -0.25) is 5.43 Å². The maximum atomic E-state index is 5.98. The van der Waals surface area contributed by atoms with Gasteiger partial charge in [0, 0.05) is 18.2 Å². The molecule has 0 amide bonds. The SMILES string of the molecule is C=C1NN=C(C2CCC(N)CC2)c2c(C)ccn21. The number of hydrazone groups is 1. The van der Waals surface area contributed by atoms with Crippen molar-refractivity contribution in [3.05, 3.63) is 30.1 Å². The Labute approximate surface area is 108 Å². The molecule has 1 fully saturated rings. The van der Waals surface area contributed by atoms with Gasteiger partial charge < -0.3 is 10.3 Å². The number of nitrogens with two attached hydrogens (primary N) is 1. The van der Waals surface area contributed by atoms with E-state index in [1.807, 2.05) is 0 Å². The fraction of sp³-hybridized carbons (Fsp3) is 0.500. The van der Waals surface area contributed by atoms with Crippen LogP contribution in [0.5, 0.6) is 0 Å². The third-order valence-corrected chi connectivity index (χ3v) is 4.09. The second-order valence-electron chi connectivity index (χ2n) is 5.38. The third-order valence-electron chi connectivity index (χ3n) is 4.09. The fourth-order valence-corrected chi connectivity index (χ4v) is 2.99. The van der Waals surface area contributed by atoms with Crippen molar-refractivity contribution in [1.29, 1.82) is 0 Å². The first-order valence-electron chi connectivity index (χ1n) is 6.63. The van der Waals surface area contributed by atoms with E-state index >= 15 is 0 Å². The summed E-state index contributed by atoms with van der Waals surface area (Å²) >= 11 is 0. The van der Waals surface area contributed by atoms with E-state index in [0.717, 1.165) is 31.5 Å². The van der Waals surface area contributed by atoms with Crippen LogP contribution in [0.4, 0.5) is 0 Å². The van der Waals surface area contributed by atoms with Crippen LogP contribution in [-0.2, 0) is 0 Å². The largest absolute Gasteiger partial charge is 0.328 e. The van der Waals surface area contributed by atoms with Gasteiger partial charge in [0.15, 0.2) is 0 Å². The summed E-state index contributed by atoms with van der Waals surface area (Å²) in [5.41, 5.74) is 12.7. The van der Waals surface area contributed by atoms with Crippen molar-refractivity contribution >= 4 is 11.5 Å². The van der Waals surface area contributed by atoms with E-state index in [9.17, 15) is 0 Å². The summed E-state index contributed by atoms with van der Waals surface area (Å²) in [5.74, 6) is 1.35. The van der Waals surface area contributed by atoms with Crippen molar-refractivity contribution in [3.63, 3.8) is 0 Å². The first kappa shape index (κ1) is 11.5. The van der Waals surface area contributed by atoms with Gasteiger partial charge in [-0.05, 0) is 44.2 Å². The van der Waals surface area contributed by atoms with Crippen LogP contribution < -0.4 is 11.2 Å². The fourth-order valence-electron chi connectivity index (χ4n) is 2.99. The highest BCUT2D eigenvalue weighted by molar-refractivity contribution is 6.04. The number of nitrogens with one attached hydrogen (secondary N) is 1. The molecule has 1 aliphatic heterocycles. The molecule has 96 valence electrons. The number of rotatable bonds is 1. The van der Waals surface area contributed by atoms with Crippen molar-refractivity contribution in [2.45, 2.75) is 38.6 Å². The number of aromatic nitrogens is 1. The highest BCUT2D eigenvalue weighted by Crippen LogP contribution is 2.30. The number of nitrogens with zero attached hydrogens (tertiary/aromatic N) is 2. The summed E-state index contributed by atoms with van der Waals surface area (Å²) in [7, 11) is 0. The first-order chi connectivity index (χ1) is 8.66. The molecule has 18 heavy (non-hydrogen) atoms. The van der Waals surface area contributed by atoms with Gasteiger partial charge in [-0.2, -0.15) is 5.10 Å². The molecule has 2 heterocycles. The number of hydrogen-bond acceptors (Lipinski definition) is 3. The second-order valence-corrected chi connectivity index (χ2v) is 5.38. The molecule has 0 atom stereocenters. The predicted octanol–water partition coefficient (Wildman–Crippen LogP) is 2.05. The topological polar surface area (TPSA) is 55.3 Å². The summed E-state index contributed by atoms with van der Waals surface area (Å²) < 4.78 is 2.10. The zero-order valence-corrected chi connectivity index (χ0v) is 10.8. The average molecular weight is 244 g/mol. The summed E-state index contributed by atoms with van der Waals surface area (Å²) in [5, 5.41) is 4.54. The molecular weight excluding hydrogens is 224 g/mol. The van der Waals surface area contributed by atoms with Gasteiger partial charge in [0.25, 0.3) is 0 Å². The van der Waals surface area contributed by atoms with Crippen LogP contribution in [0.1, 0.15) is 36.9 Å². The molecule has 1 aliphatic carbocycles. The molecule has 4 nitrogen and oxygen atoms in total. The van der Waals surface area contributed by atoms with Crippen LogP contribution in [0.2, 0.25) is 0 Å². The van der Waals surface area contributed by atoms with Crippen molar-refractivity contribution < 1.29 is 0 Å². The summed E-state index contributed by atoms with van der Waals surface area (Å²) in [6.45, 7) is 6.12. The zero-order valence-electron chi connectivity index (χ0n) is 10.8. The minimum atomic E-state index is 0.376. The Bertz CT molecular complexity index is 504. The lowest BCUT2D eigenvalue weighted by Gasteiger charge is -2.30. The highest BCUT2D eigenvalue weighted by atomic mass is 15.4. The molecule has 3 N–H and O–H groups in total. The molecule has 2 aliphatic rings. The van der Waals surface area contributed by atoms with E-state index in [2.05, 4.69) is 40.9 Å². The molecule has 0 saturated heterocycles. The quantitative estimate of drug-likeness (QED) is 0.794. The van der Waals surface area contributed by atoms with Gasteiger partial charge in [0.05, 0.1) is 11.4 Å². The van der Waals surface area contributed by atoms with Gasteiger partial charge in [0.1, 0.15) is 5.82 Å². The number of fused-ring (bicyclic) bond motifs is 1. The standard InChI is InChI=1S/C14H20N4/c1-9-7-8-18-10(2)16-17-13(14(9)18)11-3-5-12(15)6-4-11/h7-8,11-12,16H,2-6,15H2,1H3. The molecule has 3 rings (SSSR count). The summed E-state index contributed by atoms with van der Waals surface area (Å²) in [6.07, 6.45) is 6.54. The van der Waals surface area contributed by atoms with E-state index in [1.165, 1.54) is 17.0 Å². The molecule has 1 saturated carbocycles. The maximum absolute atomic E-state index is 5.98. The van der Waals surface area contributed by atoms with Crippen molar-refractivity contribution in [2.75, 3.05) is 0 Å². The zero-order chi connectivity index (χ0) is 12.7. The Kier molecular flexibility index (Phi) is 2.74. The highest BCUT2D eigenvalue weighted by Gasteiger charge is 2.29.